The third-order valence-electron chi connectivity index (χ3n) is 4.76. The van der Waals surface area contributed by atoms with Crippen molar-refractivity contribution in [3.05, 3.63) is 0 Å². The van der Waals surface area contributed by atoms with Crippen molar-refractivity contribution in [2.75, 3.05) is 18.8 Å². The third-order valence-corrected chi connectivity index (χ3v) is 6.13. The third kappa shape index (κ3) is 4.96. The van der Waals surface area contributed by atoms with Gasteiger partial charge in [-0.3, -0.25) is 4.79 Å². The van der Waals surface area contributed by atoms with Crippen molar-refractivity contribution in [2.45, 2.75) is 63.7 Å². The summed E-state index contributed by atoms with van der Waals surface area (Å²) in [6.45, 7) is 6.80. The standard InChI is InChI=1S/C16H30N2OS/c1-12(2)14-5-3-4-6-15(14)18-16(19)11-20-13-7-9-17-10-8-13/h12-15,17H,3-11H2,1-2H3,(H,18,19). The maximum atomic E-state index is 12.2. The van der Waals surface area contributed by atoms with Gasteiger partial charge >= 0.3 is 0 Å². The molecule has 0 spiro atoms. The maximum absolute atomic E-state index is 12.2. The van der Waals surface area contributed by atoms with Crippen LogP contribution in [0.15, 0.2) is 0 Å². The van der Waals surface area contributed by atoms with E-state index in [1.54, 1.807) is 0 Å². The van der Waals surface area contributed by atoms with E-state index < -0.39 is 0 Å². The quantitative estimate of drug-likeness (QED) is 0.820. The van der Waals surface area contributed by atoms with E-state index in [4.69, 9.17) is 0 Å². The predicted octanol–water partition coefficient (Wildman–Crippen LogP) is 2.80. The molecule has 116 valence electrons. The van der Waals surface area contributed by atoms with E-state index >= 15 is 0 Å². The maximum Gasteiger partial charge on any atom is 0.230 e. The Kier molecular flexibility index (Phi) is 6.69. The molecule has 1 saturated heterocycles. The number of thioether (sulfide) groups is 1. The van der Waals surface area contributed by atoms with Gasteiger partial charge in [0.1, 0.15) is 0 Å². The van der Waals surface area contributed by atoms with E-state index in [1.807, 2.05) is 11.8 Å². The number of hydrogen-bond acceptors (Lipinski definition) is 3. The van der Waals surface area contributed by atoms with E-state index in [-0.39, 0.29) is 5.91 Å². The minimum Gasteiger partial charge on any atom is -0.352 e. The first kappa shape index (κ1) is 16.2. The van der Waals surface area contributed by atoms with Gasteiger partial charge in [-0.2, -0.15) is 0 Å². The van der Waals surface area contributed by atoms with Crippen LogP contribution in [0.25, 0.3) is 0 Å². The number of rotatable bonds is 5. The molecule has 2 aliphatic rings. The summed E-state index contributed by atoms with van der Waals surface area (Å²) in [4.78, 5) is 12.2. The molecule has 0 aromatic heterocycles. The second-order valence-corrected chi connectivity index (χ2v) is 7.92. The van der Waals surface area contributed by atoms with Gasteiger partial charge in [0.15, 0.2) is 0 Å². The van der Waals surface area contributed by atoms with Gasteiger partial charge in [0.25, 0.3) is 0 Å². The Labute approximate surface area is 128 Å². The topological polar surface area (TPSA) is 41.1 Å². The Balaban J connectivity index is 1.72. The first-order valence-corrected chi connectivity index (χ1v) is 9.33. The average molecular weight is 298 g/mol. The molecule has 0 aromatic carbocycles. The molecule has 0 aromatic rings. The molecular formula is C16H30N2OS. The summed E-state index contributed by atoms with van der Waals surface area (Å²) in [5, 5.41) is 7.36. The predicted molar refractivity (Wildman–Crippen MR) is 87.1 cm³/mol. The molecule has 3 nitrogen and oxygen atoms in total. The largest absolute Gasteiger partial charge is 0.352 e. The second kappa shape index (κ2) is 8.28. The highest BCUT2D eigenvalue weighted by Crippen LogP contribution is 2.30. The van der Waals surface area contributed by atoms with Gasteiger partial charge in [0, 0.05) is 11.3 Å². The van der Waals surface area contributed by atoms with Gasteiger partial charge in [-0.25, -0.2) is 0 Å². The summed E-state index contributed by atoms with van der Waals surface area (Å²) >= 11 is 1.85. The zero-order valence-electron chi connectivity index (χ0n) is 13.0. The highest BCUT2D eigenvalue weighted by atomic mass is 32.2. The van der Waals surface area contributed by atoms with Crippen LogP contribution < -0.4 is 10.6 Å². The first-order chi connectivity index (χ1) is 9.66. The van der Waals surface area contributed by atoms with Crippen molar-refractivity contribution in [2.24, 2.45) is 11.8 Å². The van der Waals surface area contributed by atoms with Gasteiger partial charge in [0.2, 0.25) is 5.91 Å². The van der Waals surface area contributed by atoms with E-state index in [2.05, 4.69) is 24.5 Å². The molecule has 1 saturated carbocycles. The Bertz CT molecular complexity index is 303. The molecule has 0 bridgehead atoms. The molecule has 2 fully saturated rings. The summed E-state index contributed by atoms with van der Waals surface area (Å²) < 4.78 is 0. The van der Waals surface area contributed by atoms with Crippen molar-refractivity contribution in [1.82, 2.24) is 10.6 Å². The van der Waals surface area contributed by atoms with E-state index in [1.165, 1.54) is 38.5 Å². The van der Waals surface area contributed by atoms with Crippen molar-refractivity contribution in [1.29, 1.82) is 0 Å². The molecule has 1 aliphatic heterocycles. The van der Waals surface area contributed by atoms with Gasteiger partial charge in [-0.15, -0.1) is 11.8 Å². The fourth-order valence-corrected chi connectivity index (χ4v) is 4.58. The Morgan fingerprint density at radius 3 is 2.60 bits per heavy atom. The highest BCUT2D eigenvalue weighted by molar-refractivity contribution is 8.00. The van der Waals surface area contributed by atoms with Crippen LogP contribution in [-0.4, -0.2) is 36.0 Å². The summed E-state index contributed by atoms with van der Waals surface area (Å²) in [6, 6.07) is 0.421. The molecule has 0 radical (unpaired) electrons. The van der Waals surface area contributed by atoms with Crippen LogP contribution in [0.5, 0.6) is 0 Å². The minimum absolute atomic E-state index is 0.256. The normalized spacial score (nSPS) is 28.6. The van der Waals surface area contributed by atoms with Gasteiger partial charge in [-0.1, -0.05) is 26.7 Å². The lowest BCUT2D eigenvalue weighted by atomic mass is 9.78. The minimum atomic E-state index is 0.256. The Morgan fingerprint density at radius 2 is 1.90 bits per heavy atom. The van der Waals surface area contributed by atoms with Crippen LogP contribution in [-0.2, 0) is 4.79 Å². The zero-order chi connectivity index (χ0) is 14.4. The molecule has 1 aliphatic carbocycles. The number of carbonyl (C=O) groups is 1. The summed E-state index contributed by atoms with van der Waals surface area (Å²) in [5.74, 6) is 2.26. The smallest absolute Gasteiger partial charge is 0.230 e. The lowest BCUT2D eigenvalue weighted by Gasteiger charge is -2.35. The first-order valence-electron chi connectivity index (χ1n) is 8.28. The number of hydrogen-bond donors (Lipinski definition) is 2. The zero-order valence-corrected chi connectivity index (χ0v) is 13.8. The van der Waals surface area contributed by atoms with Gasteiger partial charge in [0.05, 0.1) is 5.75 Å². The molecule has 1 heterocycles. The molecule has 2 N–H and O–H groups in total. The highest BCUT2D eigenvalue weighted by Gasteiger charge is 2.28. The monoisotopic (exact) mass is 298 g/mol. The van der Waals surface area contributed by atoms with Crippen LogP contribution in [0, 0.1) is 11.8 Å². The summed E-state index contributed by atoms with van der Waals surface area (Å²) in [7, 11) is 0. The van der Waals surface area contributed by atoms with Crippen molar-refractivity contribution in [3.63, 3.8) is 0 Å². The van der Waals surface area contributed by atoms with E-state index in [0.29, 0.717) is 28.9 Å². The van der Waals surface area contributed by atoms with Crippen LogP contribution in [0.3, 0.4) is 0 Å². The number of nitrogens with one attached hydrogen (secondary N) is 2. The molecule has 1 amide bonds. The molecule has 2 atom stereocenters. The fourth-order valence-electron chi connectivity index (χ4n) is 3.54. The van der Waals surface area contributed by atoms with Crippen LogP contribution in [0.1, 0.15) is 52.4 Å². The number of amides is 1. The van der Waals surface area contributed by atoms with Crippen LogP contribution in [0.4, 0.5) is 0 Å². The summed E-state index contributed by atoms with van der Waals surface area (Å²) in [5.41, 5.74) is 0. The van der Waals surface area contributed by atoms with Crippen molar-refractivity contribution < 1.29 is 4.79 Å². The van der Waals surface area contributed by atoms with Crippen LogP contribution >= 0.6 is 11.8 Å². The fraction of sp³-hybridized carbons (Fsp3) is 0.938. The van der Waals surface area contributed by atoms with E-state index in [9.17, 15) is 4.79 Å². The van der Waals surface area contributed by atoms with Gasteiger partial charge < -0.3 is 10.6 Å². The lowest BCUT2D eigenvalue weighted by Crippen LogP contribution is -2.44. The van der Waals surface area contributed by atoms with Crippen molar-refractivity contribution in [3.8, 4) is 0 Å². The lowest BCUT2D eigenvalue weighted by molar-refractivity contribution is -0.120. The number of carbonyl (C=O) groups excluding carboxylic acids is 1. The van der Waals surface area contributed by atoms with Crippen molar-refractivity contribution >= 4 is 17.7 Å². The summed E-state index contributed by atoms with van der Waals surface area (Å²) in [6.07, 6.45) is 7.47. The van der Waals surface area contributed by atoms with E-state index in [0.717, 1.165) is 13.1 Å². The van der Waals surface area contributed by atoms with Crippen LogP contribution in [0.2, 0.25) is 0 Å². The SMILES string of the molecule is CC(C)C1CCCCC1NC(=O)CSC1CCNCC1. The molecule has 4 heteroatoms. The number of piperidine rings is 1. The second-order valence-electron chi connectivity index (χ2n) is 6.63. The molecular weight excluding hydrogens is 268 g/mol. The Morgan fingerprint density at radius 1 is 1.20 bits per heavy atom. The molecule has 2 unspecified atom stereocenters. The molecule has 2 rings (SSSR count). The molecule has 20 heavy (non-hydrogen) atoms. The van der Waals surface area contributed by atoms with Gasteiger partial charge in [-0.05, 0) is 50.6 Å². The Hall–Kier alpha value is -0.220. The average Bonchev–Trinajstić information content (AvgIpc) is 2.46.